The fourth-order valence-corrected chi connectivity index (χ4v) is 3.23. The second kappa shape index (κ2) is 29.5. The maximum absolute atomic E-state index is 5.64. The number of anilines is 1. The predicted molar refractivity (Wildman–Crippen MR) is 152 cm³/mol. The fraction of sp³-hybridized carbons (Fsp3) is 0.793. The Hall–Kier alpha value is -1.50. The summed E-state index contributed by atoms with van der Waals surface area (Å²) >= 11 is 0. The summed E-state index contributed by atoms with van der Waals surface area (Å²) < 4.78 is 49.4. The summed E-state index contributed by atoms with van der Waals surface area (Å²) in [7, 11) is 0. The molecule has 0 unspecified atom stereocenters. The molecule has 0 atom stereocenters. The first-order valence-corrected chi connectivity index (χ1v) is 14.4. The number of unbranched alkanes of at least 4 members (excludes halogenated alkanes) is 4. The minimum atomic E-state index is 0.483. The maximum Gasteiger partial charge on any atom is 0.119 e. The van der Waals surface area contributed by atoms with Crippen molar-refractivity contribution in [1.82, 2.24) is 0 Å². The molecule has 228 valence electrons. The van der Waals surface area contributed by atoms with Gasteiger partial charge in [0.15, 0.2) is 0 Å². The SMILES string of the molecule is CCCCCCCOCCOCCOCCOCCOCCOCCOCCOCCOc1ccc(N)cc1. The van der Waals surface area contributed by atoms with E-state index in [1.165, 1.54) is 25.7 Å². The van der Waals surface area contributed by atoms with E-state index in [1.54, 1.807) is 12.1 Å². The molecule has 0 heterocycles. The number of nitrogen functional groups attached to an aromatic ring is 1. The van der Waals surface area contributed by atoms with Crippen LogP contribution in [0.25, 0.3) is 0 Å². The number of ether oxygens (including phenoxy) is 9. The first-order valence-electron chi connectivity index (χ1n) is 14.4. The summed E-state index contributed by atoms with van der Waals surface area (Å²) in [6.07, 6.45) is 6.29. The summed E-state index contributed by atoms with van der Waals surface area (Å²) in [6, 6.07) is 7.28. The van der Waals surface area contributed by atoms with Crippen LogP contribution in [0.4, 0.5) is 5.69 Å². The van der Waals surface area contributed by atoms with Crippen LogP contribution in [-0.2, 0) is 37.9 Å². The topological polar surface area (TPSA) is 109 Å². The Morgan fingerprint density at radius 1 is 0.410 bits per heavy atom. The summed E-state index contributed by atoms with van der Waals surface area (Å²) in [4.78, 5) is 0. The highest BCUT2D eigenvalue weighted by atomic mass is 16.6. The van der Waals surface area contributed by atoms with Crippen molar-refractivity contribution < 1.29 is 42.6 Å². The highest BCUT2D eigenvalue weighted by molar-refractivity contribution is 5.41. The molecule has 1 aromatic carbocycles. The highest BCUT2D eigenvalue weighted by Gasteiger charge is 1.97. The number of hydrogen-bond donors (Lipinski definition) is 1. The molecule has 0 saturated carbocycles. The van der Waals surface area contributed by atoms with Gasteiger partial charge in [0, 0.05) is 12.3 Å². The van der Waals surface area contributed by atoms with Crippen molar-refractivity contribution in [2.24, 2.45) is 0 Å². The number of rotatable bonds is 31. The average Bonchev–Trinajstić information content (AvgIpc) is 2.95. The van der Waals surface area contributed by atoms with Crippen molar-refractivity contribution in [3.63, 3.8) is 0 Å². The summed E-state index contributed by atoms with van der Waals surface area (Å²) in [5.41, 5.74) is 6.35. The van der Waals surface area contributed by atoms with E-state index in [4.69, 9.17) is 48.4 Å². The molecule has 0 saturated heterocycles. The molecule has 0 aliphatic carbocycles. The van der Waals surface area contributed by atoms with E-state index in [9.17, 15) is 0 Å². The van der Waals surface area contributed by atoms with Gasteiger partial charge in [0.1, 0.15) is 12.4 Å². The molecule has 0 fully saturated rings. The molecule has 39 heavy (non-hydrogen) atoms. The highest BCUT2D eigenvalue weighted by Crippen LogP contribution is 2.12. The van der Waals surface area contributed by atoms with E-state index in [0.717, 1.165) is 18.8 Å². The van der Waals surface area contributed by atoms with E-state index < -0.39 is 0 Å². The van der Waals surface area contributed by atoms with Gasteiger partial charge in [-0.15, -0.1) is 0 Å². The predicted octanol–water partition coefficient (Wildman–Crippen LogP) is 3.75. The van der Waals surface area contributed by atoms with Crippen LogP contribution in [0.1, 0.15) is 39.0 Å². The molecular formula is C29H53NO9. The van der Waals surface area contributed by atoms with Gasteiger partial charge in [-0.2, -0.15) is 0 Å². The molecule has 10 heteroatoms. The van der Waals surface area contributed by atoms with Crippen LogP contribution in [0.15, 0.2) is 24.3 Å². The third-order valence-electron chi connectivity index (χ3n) is 5.37. The van der Waals surface area contributed by atoms with Gasteiger partial charge >= 0.3 is 0 Å². The standard InChI is InChI=1S/C29H53NO9/c1-2-3-4-5-6-11-31-12-13-32-14-15-33-16-17-34-18-19-35-20-21-36-22-23-37-24-25-38-26-27-39-29-9-7-28(30)8-10-29/h7-10H,2-6,11-27,30H2,1H3. The second-order valence-corrected chi connectivity index (χ2v) is 8.73. The lowest BCUT2D eigenvalue weighted by atomic mass is 10.2. The fourth-order valence-electron chi connectivity index (χ4n) is 3.23. The average molecular weight is 560 g/mol. The first-order chi connectivity index (χ1) is 19.3. The van der Waals surface area contributed by atoms with E-state index in [-0.39, 0.29) is 0 Å². The molecule has 10 nitrogen and oxygen atoms in total. The Bertz CT molecular complexity index is 607. The molecule has 1 rings (SSSR count). The Labute approximate surface area is 235 Å². The van der Waals surface area contributed by atoms with E-state index in [1.807, 2.05) is 12.1 Å². The second-order valence-electron chi connectivity index (χ2n) is 8.73. The Balaban J connectivity index is 1.64. The quantitative estimate of drug-likeness (QED) is 0.107. The van der Waals surface area contributed by atoms with Crippen LogP contribution in [-0.4, -0.2) is 112 Å². The van der Waals surface area contributed by atoms with Crippen molar-refractivity contribution in [3.05, 3.63) is 24.3 Å². The van der Waals surface area contributed by atoms with Crippen LogP contribution in [0, 0.1) is 0 Å². The zero-order chi connectivity index (χ0) is 27.9. The Morgan fingerprint density at radius 3 is 1.13 bits per heavy atom. The van der Waals surface area contributed by atoms with Crippen molar-refractivity contribution in [1.29, 1.82) is 0 Å². The monoisotopic (exact) mass is 559 g/mol. The largest absolute Gasteiger partial charge is 0.491 e. The van der Waals surface area contributed by atoms with Gasteiger partial charge in [-0.1, -0.05) is 32.6 Å². The summed E-state index contributed by atoms with van der Waals surface area (Å²) in [5, 5.41) is 0. The summed E-state index contributed by atoms with van der Waals surface area (Å²) in [5.74, 6) is 0.778. The van der Waals surface area contributed by atoms with Crippen LogP contribution in [0.5, 0.6) is 5.75 Å². The van der Waals surface area contributed by atoms with E-state index in [0.29, 0.717) is 111 Å². The van der Waals surface area contributed by atoms with E-state index in [2.05, 4.69) is 6.92 Å². The lowest BCUT2D eigenvalue weighted by molar-refractivity contribution is -0.0236. The number of benzene rings is 1. The van der Waals surface area contributed by atoms with Crippen LogP contribution in [0.2, 0.25) is 0 Å². The molecule has 2 N–H and O–H groups in total. The van der Waals surface area contributed by atoms with Gasteiger partial charge in [0.2, 0.25) is 0 Å². The third kappa shape index (κ3) is 26.5. The first kappa shape index (κ1) is 35.5. The van der Waals surface area contributed by atoms with Crippen molar-refractivity contribution in [2.75, 3.05) is 118 Å². The minimum Gasteiger partial charge on any atom is -0.491 e. The maximum atomic E-state index is 5.64. The lowest BCUT2D eigenvalue weighted by Gasteiger charge is -2.09. The van der Waals surface area contributed by atoms with Gasteiger partial charge in [0.05, 0.1) is 99.1 Å². The molecule has 0 radical (unpaired) electrons. The van der Waals surface area contributed by atoms with E-state index >= 15 is 0 Å². The Kier molecular flexibility index (Phi) is 26.9. The van der Waals surface area contributed by atoms with Crippen molar-refractivity contribution in [3.8, 4) is 5.75 Å². The van der Waals surface area contributed by atoms with Crippen molar-refractivity contribution >= 4 is 5.69 Å². The summed E-state index contributed by atoms with van der Waals surface area (Å²) in [6.45, 7) is 11.7. The molecular weight excluding hydrogens is 506 g/mol. The van der Waals surface area contributed by atoms with Gasteiger partial charge in [-0.3, -0.25) is 0 Å². The van der Waals surface area contributed by atoms with Gasteiger partial charge < -0.3 is 48.4 Å². The molecule has 1 aromatic rings. The van der Waals surface area contributed by atoms with Gasteiger partial charge in [-0.25, -0.2) is 0 Å². The van der Waals surface area contributed by atoms with Gasteiger partial charge in [-0.05, 0) is 30.7 Å². The van der Waals surface area contributed by atoms with Crippen LogP contribution < -0.4 is 10.5 Å². The Morgan fingerprint density at radius 2 is 0.744 bits per heavy atom. The molecule has 0 spiro atoms. The van der Waals surface area contributed by atoms with Gasteiger partial charge in [0.25, 0.3) is 0 Å². The minimum absolute atomic E-state index is 0.483. The third-order valence-corrected chi connectivity index (χ3v) is 5.37. The molecule has 0 bridgehead atoms. The number of nitrogens with two attached hydrogens (primary N) is 1. The normalized spacial score (nSPS) is 11.3. The lowest BCUT2D eigenvalue weighted by Crippen LogP contribution is -2.15. The molecule has 0 aliphatic rings. The smallest absolute Gasteiger partial charge is 0.119 e. The number of hydrogen-bond acceptors (Lipinski definition) is 10. The molecule has 0 aromatic heterocycles. The zero-order valence-electron chi connectivity index (χ0n) is 24.1. The van der Waals surface area contributed by atoms with Crippen LogP contribution >= 0.6 is 0 Å². The molecule has 0 amide bonds. The van der Waals surface area contributed by atoms with Crippen LogP contribution in [0.3, 0.4) is 0 Å². The molecule has 0 aliphatic heterocycles. The van der Waals surface area contributed by atoms with Crippen molar-refractivity contribution in [2.45, 2.75) is 39.0 Å². The zero-order valence-corrected chi connectivity index (χ0v) is 24.1.